The summed E-state index contributed by atoms with van der Waals surface area (Å²) in [5, 5.41) is 3.85. The minimum absolute atomic E-state index is 0. The van der Waals surface area contributed by atoms with Crippen molar-refractivity contribution in [3.8, 4) is 0 Å². The van der Waals surface area contributed by atoms with Crippen molar-refractivity contribution in [1.29, 1.82) is 0 Å². The second-order valence-electron chi connectivity index (χ2n) is 5.34. The minimum Gasteiger partial charge on any atom is -0.311 e. The predicted octanol–water partition coefficient (Wildman–Crippen LogP) is 3.77. The van der Waals surface area contributed by atoms with Gasteiger partial charge < -0.3 is 5.32 Å². The summed E-state index contributed by atoms with van der Waals surface area (Å²) in [5.74, 6) is 2.05. The Labute approximate surface area is 101 Å². The maximum atomic E-state index is 3.85. The van der Waals surface area contributed by atoms with Gasteiger partial charge in [-0.25, -0.2) is 0 Å². The molecule has 4 unspecified atom stereocenters. The van der Waals surface area contributed by atoms with Gasteiger partial charge in [-0.05, 0) is 43.9 Å². The predicted molar refractivity (Wildman–Crippen MR) is 68.6 cm³/mol. The molecule has 0 aromatic carbocycles. The summed E-state index contributed by atoms with van der Waals surface area (Å²) in [6.07, 6.45) is 10.0. The lowest BCUT2D eigenvalue weighted by atomic mass is 10.1. The first kappa shape index (κ1) is 13.3. The Bertz CT molecular complexity index is 183. The van der Waals surface area contributed by atoms with Crippen LogP contribution in [0.3, 0.4) is 0 Å². The van der Waals surface area contributed by atoms with E-state index in [2.05, 4.69) is 19.2 Å². The molecule has 0 bridgehead atoms. The van der Waals surface area contributed by atoms with Crippen molar-refractivity contribution in [3.63, 3.8) is 0 Å². The van der Waals surface area contributed by atoms with Crippen molar-refractivity contribution in [1.82, 2.24) is 5.32 Å². The third-order valence-electron chi connectivity index (χ3n) is 4.15. The quantitative estimate of drug-likeness (QED) is 0.760. The van der Waals surface area contributed by atoms with E-state index in [4.69, 9.17) is 0 Å². The largest absolute Gasteiger partial charge is 0.311 e. The lowest BCUT2D eigenvalue weighted by Crippen LogP contribution is -2.29. The SMILES string of the molecule is CCCC1CC1NC1CCC(CC)C1.Cl. The van der Waals surface area contributed by atoms with Gasteiger partial charge in [0, 0.05) is 12.1 Å². The fourth-order valence-corrected chi connectivity index (χ4v) is 3.04. The highest BCUT2D eigenvalue weighted by molar-refractivity contribution is 5.85. The molecule has 0 aliphatic heterocycles. The number of hydrogen-bond acceptors (Lipinski definition) is 1. The number of rotatable bonds is 5. The summed E-state index contributed by atoms with van der Waals surface area (Å²) < 4.78 is 0. The van der Waals surface area contributed by atoms with E-state index in [0.29, 0.717) is 0 Å². The van der Waals surface area contributed by atoms with Crippen LogP contribution in [0.2, 0.25) is 0 Å². The molecule has 2 rings (SSSR count). The first-order valence-electron chi connectivity index (χ1n) is 6.59. The van der Waals surface area contributed by atoms with E-state index in [1.165, 1.54) is 44.9 Å². The van der Waals surface area contributed by atoms with Crippen molar-refractivity contribution in [3.05, 3.63) is 0 Å². The number of nitrogens with one attached hydrogen (secondary N) is 1. The molecule has 0 radical (unpaired) electrons. The van der Waals surface area contributed by atoms with Crippen LogP contribution >= 0.6 is 12.4 Å². The van der Waals surface area contributed by atoms with Gasteiger partial charge in [-0.2, -0.15) is 0 Å². The highest BCUT2D eigenvalue weighted by atomic mass is 35.5. The van der Waals surface area contributed by atoms with Crippen molar-refractivity contribution in [2.45, 2.75) is 70.9 Å². The Morgan fingerprint density at radius 2 is 1.93 bits per heavy atom. The molecule has 2 saturated carbocycles. The van der Waals surface area contributed by atoms with Gasteiger partial charge in [0.25, 0.3) is 0 Å². The molecule has 0 saturated heterocycles. The summed E-state index contributed by atoms with van der Waals surface area (Å²) >= 11 is 0. The summed E-state index contributed by atoms with van der Waals surface area (Å²) in [4.78, 5) is 0. The molecule has 90 valence electrons. The van der Waals surface area contributed by atoms with Crippen LogP contribution in [0.15, 0.2) is 0 Å². The van der Waals surface area contributed by atoms with Gasteiger partial charge in [-0.15, -0.1) is 12.4 Å². The van der Waals surface area contributed by atoms with E-state index in [9.17, 15) is 0 Å². The average molecular weight is 232 g/mol. The third-order valence-corrected chi connectivity index (χ3v) is 4.15. The molecule has 2 fully saturated rings. The summed E-state index contributed by atoms with van der Waals surface area (Å²) in [5.41, 5.74) is 0. The van der Waals surface area contributed by atoms with Crippen LogP contribution in [-0.2, 0) is 0 Å². The molecule has 1 N–H and O–H groups in total. The molecular weight excluding hydrogens is 206 g/mol. The van der Waals surface area contributed by atoms with Crippen LogP contribution in [0.1, 0.15) is 58.8 Å². The van der Waals surface area contributed by atoms with Gasteiger partial charge in [-0.1, -0.05) is 26.7 Å². The molecule has 0 spiro atoms. The Kier molecular flexibility index (Phi) is 5.42. The molecule has 1 nitrogen and oxygen atoms in total. The maximum absolute atomic E-state index is 3.85. The summed E-state index contributed by atoms with van der Waals surface area (Å²) in [6, 6.07) is 1.77. The standard InChI is InChI=1S/C13H25N.ClH/c1-3-5-11-9-13(11)14-12-7-6-10(4-2)8-12;/h10-14H,3-9H2,1-2H3;1H. The van der Waals surface area contributed by atoms with Gasteiger partial charge in [0.2, 0.25) is 0 Å². The summed E-state index contributed by atoms with van der Waals surface area (Å²) in [7, 11) is 0. The summed E-state index contributed by atoms with van der Waals surface area (Å²) in [6.45, 7) is 4.64. The smallest absolute Gasteiger partial charge is 0.0102 e. The lowest BCUT2D eigenvalue weighted by Gasteiger charge is -2.12. The van der Waals surface area contributed by atoms with Gasteiger partial charge in [0.05, 0.1) is 0 Å². The van der Waals surface area contributed by atoms with Crippen LogP contribution < -0.4 is 5.32 Å². The number of hydrogen-bond donors (Lipinski definition) is 1. The monoisotopic (exact) mass is 231 g/mol. The zero-order valence-corrected chi connectivity index (χ0v) is 11.0. The van der Waals surface area contributed by atoms with Crippen LogP contribution in [-0.4, -0.2) is 12.1 Å². The van der Waals surface area contributed by atoms with E-state index >= 15 is 0 Å². The second kappa shape index (κ2) is 6.10. The van der Waals surface area contributed by atoms with Crippen LogP contribution in [0.25, 0.3) is 0 Å². The Balaban J connectivity index is 0.00000112. The average Bonchev–Trinajstić information content (AvgIpc) is 2.76. The van der Waals surface area contributed by atoms with E-state index < -0.39 is 0 Å². The molecule has 15 heavy (non-hydrogen) atoms. The second-order valence-corrected chi connectivity index (χ2v) is 5.34. The number of halogens is 1. The highest BCUT2D eigenvalue weighted by Crippen LogP contribution is 2.37. The van der Waals surface area contributed by atoms with Crippen molar-refractivity contribution >= 4 is 12.4 Å². The van der Waals surface area contributed by atoms with Crippen molar-refractivity contribution in [2.75, 3.05) is 0 Å². The molecule has 0 aromatic rings. The zero-order chi connectivity index (χ0) is 9.97. The lowest BCUT2D eigenvalue weighted by molar-refractivity contribution is 0.462. The van der Waals surface area contributed by atoms with Gasteiger partial charge >= 0.3 is 0 Å². The van der Waals surface area contributed by atoms with Gasteiger partial charge in [0.15, 0.2) is 0 Å². The first-order chi connectivity index (χ1) is 6.83. The maximum Gasteiger partial charge on any atom is 0.0102 e. The molecule has 4 atom stereocenters. The molecule has 2 aliphatic rings. The molecule has 0 heterocycles. The zero-order valence-electron chi connectivity index (χ0n) is 10.2. The Morgan fingerprint density at radius 1 is 1.13 bits per heavy atom. The fourth-order valence-electron chi connectivity index (χ4n) is 3.04. The molecule has 0 amide bonds. The van der Waals surface area contributed by atoms with E-state index in [1.807, 2.05) is 0 Å². The van der Waals surface area contributed by atoms with Crippen LogP contribution in [0.4, 0.5) is 0 Å². The first-order valence-corrected chi connectivity index (χ1v) is 6.59. The van der Waals surface area contributed by atoms with Gasteiger partial charge in [0.1, 0.15) is 0 Å². The topological polar surface area (TPSA) is 12.0 Å². The van der Waals surface area contributed by atoms with E-state index in [-0.39, 0.29) is 12.4 Å². The normalized spacial score (nSPS) is 38.8. The van der Waals surface area contributed by atoms with Crippen molar-refractivity contribution < 1.29 is 0 Å². The van der Waals surface area contributed by atoms with Crippen LogP contribution in [0, 0.1) is 11.8 Å². The van der Waals surface area contributed by atoms with E-state index in [1.54, 1.807) is 0 Å². The van der Waals surface area contributed by atoms with Crippen molar-refractivity contribution in [2.24, 2.45) is 11.8 Å². The molecule has 2 aliphatic carbocycles. The Morgan fingerprint density at radius 3 is 2.53 bits per heavy atom. The molecular formula is C13H26ClN. The molecule has 2 heteroatoms. The van der Waals surface area contributed by atoms with E-state index in [0.717, 1.165) is 23.9 Å². The highest BCUT2D eigenvalue weighted by Gasteiger charge is 2.38. The fraction of sp³-hybridized carbons (Fsp3) is 1.00. The van der Waals surface area contributed by atoms with Crippen LogP contribution in [0.5, 0.6) is 0 Å². The third kappa shape index (κ3) is 3.64. The minimum atomic E-state index is 0. The molecule has 0 aromatic heterocycles. The Hall–Kier alpha value is 0.250. The van der Waals surface area contributed by atoms with Gasteiger partial charge in [-0.3, -0.25) is 0 Å².